The molecule has 0 spiro atoms. The Hall–Kier alpha value is -0.510. The molecule has 1 aromatic carbocycles. The standard InChI is InChI=1S/C22H35NOS/c1-16(2)14-25-10-8-17-3-4-19-12-20(6-5-18(19)11-17)21-7-9-22(23,13-21)15-24/h5-6,12,16-17,21,24H,3-4,7-11,13-15,23H2,1-2H3/t17-,21+,22+/m1/s1. The summed E-state index contributed by atoms with van der Waals surface area (Å²) in [6, 6.07) is 7.17. The van der Waals surface area contributed by atoms with Crippen LogP contribution in [0.15, 0.2) is 18.2 Å². The fraction of sp³-hybridized carbons (Fsp3) is 0.727. The fourth-order valence-electron chi connectivity index (χ4n) is 4.50. The maximum absolute atomic E-state index is 9.50. The maximum Gasteiger partial charge on any atom is 0.0611 e. The monoisotopic (exact) mass is 361 g/mol. The third-order valence-electron chi connectivity index (χ3n) is 6.11. The first-order valence-corrected chi connectivity index (χ1v) is 11.2. The van der Waals surface area contributed by atoms with E-state index in [2.05, 4.69) is 43.8 Å². The Kier molecular flexibility index (Phi) is 6.51. The number of hydrogen-bond donors (Lipinski definition) is 2. The molecule has 2 aliphatic carbocycles. The van der Waals surface area contributed by atoms with Crippen LogP contribution in [0.5, 0.6) is 0 Å². The number of rotatable bonds is 7. The second-order valence-electron chi connectivity index (χ2n) is 8.85. The zero-order chi connectivity index (χ0) is 17.9. The van der Waals surface area contributed by atoms with Crippen LogP contribution in [0.25, 0.3) is 0 Å². The van der Waals surface area contributed by atoms with Gasteiger partial charge in [0.2, 0.25) is 0 Å². The number of benzene rings is 1. The van der Waals surface area contributed by atoms with Gasteiger partial charge in [-0.2, -0.15) is 11.8 Å². The maximum atomic E-state index is 9.50. The molecule has 1 aromatic rings. The van der Waals surface area contributed by atoms with Crippen molar-refractivity contribution < 1.29 is 5.11 Å². The average molecular weight is 362 g/mol. The van der Waals surface area contributed by atoms with Crippen LogP contribution in [0.2, 0.25) is 0 Å². The first-order valence-electron chi connectivity index (χ1n) is 10.1. The van der Waals surface area contributed by atoms with E-state index in [1.165, 1.54) is 42.8 Å². The molecule has 0 heterocycles. The van der Waals surface area contributed by atoms with Crippen molar-refractivity contribution in [2.75, 3.05) is 18.1 Å². The molecular formula is C22H35NOS. The van der Waals surface area contributed by atoms with Crippen molar-refractivity contribution in [3.63, 3.8) is 0 Å². The van der Waals surface area contributed by atoms with Crippen LogP contribution >= 0.6 is 11.8 Å². The number of aliphatic hydroxyl groups excluding tert-OH is 1. The van der Waals surface area contributed by atoms with Crippen LogP contribution in [0.1, 0.15) is 68.6 Å². The molecule has 2 aliphatic rings. The third kappa shape index (κ3) is 5.02. The van der Waals surface area contributed by atoms with Gasteiger partial charge in [0, 0.05) is 5.54 Å². The smallest absolute Gasteiger partial charge is 0.0611 e. The molecule has 2 nitrogen and oxygen atoms in total. The molecule has 0 aliphatic heterocycles. The van der Waals surface area contributed by atoms with Crippen molar-refractivity contribution in [3.05, 3.63) is 34.9 Å². The third-order valence-corrected chi connectivity index (χ3v) is 7.54. The molecule has 3 rings (SSSR count). The van der Waals surface area contributed by atoms with Gasteiger partial charge in [0.15, 0.2) is 0 Å². The molecule has 0 amide bonds. The van der Waals surface area contributed by atoms with Gasteiger partial charge in [-0.25, -0.2) is 0 Å². The van der Waals surface area contributed by atoms with Crippen LogP contribution in [-0.4, -0.2) is 28.8 Å². The topological polar surface area (TPSA) is 46.2 Å². The molecule has 3 atom stereocenters. The summed E-state index contributed by atoms with van der Waals surface area (Å²) in [6.07, 6.45) is 8.21. The Morgan fingerprint density at radius 2 is 2.12 bits per heavy atom. The lowest BCUT2D eigenvalue weighted by Crippen LogP contribution is -2.40. The van der Waals surface area contributed by atoms with Crippen LogP contribution < -0.4 is 5.73 Å². The van der Waals surface area contributed by atoms with Gasteiger partial charge < -0.3 is 10.8 Å². The Balaban J connectivity index is 1.55. The van der Waals surface area contributed by atoms with Crippen LogP contribution in [0.4, 0.5) is 0 Å². The number of aliphatic hydroxyl groups is 1. The predicted molar refractivity (Wildman–Crippen MR) is 109 cm³/mol. The first-order chi connectivity index (χ1) is 12.0. The van der Waals surface area contributed by atoms with E-state index in [-0.39, 0.29) is 12.1 Å². The number of hydrogen-bond acceptors (Lipinski definition) is 3. The molecule has 1 saturated carbocycles. The van der Waals surface area contributed by atoms with Crippen molar-refractivity contribution >= 4 is 11.8 Å². The predicted octanol–water partition coefficient (Wildman–Crippen LogP) is 4.53. The summed E-state index contributed by atoms with van der Waals surface area (Å²) in [5, 5.41) is 9.50. The minimum absolute atomic E-state index is 0.116. The molecule has 0 bridgehead atoms. The van der Waals surface area contributed by atoms with E-state index in [4.69, 9.17) is 5.73 Å². The highest BCUT2D eigenvalue weighted by molar-refractivity contribution is 7.99. The normalized spacial score (nSPS) is 29.2. The van der Waals surface area contributed by atoms with Crippen molar-refractivity contribution in [2.45, 2.75) is 70.3 Å². The van der Waals surface area contributed by atoms with E-state index in [0.29, 0.717) is 5.92 Å². The highest BCUT2D eigenvalue weighted by Gasteiger charge is 2.36. The van der Waals surface area contributed by atoms with Gasteiger partial charge in [0.05, 0.1) is 6.61 Å². The Morgan fingerprint density at radius 3 is 2.84 bits per heavy atom. The van der Waals surface area contributed by atoms with E-state index in [1.54, 1.807) is 11.1 Å². The quantitative estimate of drug-likeness (QED) is 0.702. The molecule has 0 radical (unpaired) electrons. The summed E-state index contributed by atoms with van der Waals surface area (Å²) in [4.78, 5) is 0. The van der Waals surface area contributed by atoms with Gasteiger partial charge >= 0.3 is 0 Å². The van der Waals surface area contributed by atoms with Gasteiger partial charge in [0.25, 0.3) is 0 Å². The van der Waals surface area contributed by atoms with E-state index in [9.17, 15) is 5.11 Å². The summed E-state index contributed by atoms with van der Waals surface area (Å²) in [5.74, 6) is 4.83. The van der Waals surface area contributed by atoms with Gasteiger partial charge in [-0.3, -0.25) is 0 Å². The van der Waals surface area contributed by atoms with Gasteiger partial charge in [-0.05, 0) is 90.9 Å². The van der Waals surface area contributed by atoms with Crippen LogP contribution in [0, 0.1) is 11.8 Å². The molecule has 1 fully saturated rings. The SMILES string of the molecule is CC(C)CSCC[C@H]1CCc2cc([C@H]3CC[C@@](N)(CO)C3)ccc2C1. The van der Waals surface area contributed by atoms with Gasteiger partial charge in [-0.15, -0.1) is 0 Å². The molecule has 3 heteroatoms. The van der Waals surface area contributed by atoms with Crippen molar-refractivity contribution in [1.29, 1.82) is 0 Å². The summed E-state index contributed by atoms with van der Waals surface area (Å²) in [6.45, 7) is 4.73. The molecule has 25 heavy (non-hydrogen) atoms. The minimum Gasteiger partial charge on any atom is -0.394 e. The Morgan fingerprint density at radius 1 is 1.28 bits per heavy atom. The highest BCUT2D eigenvalue weighted by Crippen LogP contribution is 2.40. The second-order valence-corrected chi connectivity index (χ2v) is 10.0. The van der Waals surface area contributed by atoms with E-state index < -0.39 is 0 Å². The lowest BCUT2D eigenvalue weighted by atomic mass is 9.80. The van der Waals surface area contributed by atoms with E-state index >= 15 is 0 Å². The Labute approximate surface area is 158 Å². The summed E-state index contributed by atoms with van der Waals surface area (Å²) in [7, 11) is 0. The van der Waals surface area contributed by atoms with Crippen molar-refractivity contribution in [2.24, 2.45) is 17.6 Å². The first kappa shape index (κ1) is 19.3. The van der Waals surface area contributed by atoms with Gasteiger partial charge in [0.1, 0.15) is 0 Å². The molecule has 0 aromatic heterocycles. The molecule has 3 N–H and O–H groups in total. The van der Waals surface area contributed by atoms with Crippen molar-refractivity contribution in [1.82, 2.24) is 0 Å². The van der Waals surface area contributed by atoms with Crippen LogP contribution in [-0.2, 0) is 12.8 Å². The number of fused-ring (bicyclic) bond motifs is 1. The van der Waals surface area contributed by atoms with E-state index in [1.807, 2.05) is 0 Å². The molecule has 0 unspecified atom stereocenters. The fourth-order valence-corrected chi connectivity index (χ4v) is 5.64. The summed E-state index contributed by atoms with van der Waals surface area (Å²) in [5.41, 5.74) is 10.5. The zero-order valence-electron chi connectivity index (χ0n) is 16.0. The number of nitrogens with two attached hydrogens (primary N) is 1. The average Bonchev–Trinajstić information content (AvgIpc) is 3.01. The largest absolute Gasteiger partial charge is 0.394 e. The summed E-state index contributed by atoms with van der Waals surface area (Å²) < 4.78 is 0. The van der Waals surface area contributed by atoms with Gasteiger partial charge in [-0.1, -0.05) is 32.0 Å². The van der Waals surface area contributed by atoms with Crippen molar-refractivity contribution in [3.8, 4) is 0 Å². The van der Waals surface area contributed by atoms with Crippen LogP contribution in [0.3, 0.4) is 0 Å². The molecule has 140 valence electrons. The zero-order valence-corrected chi connectivity index (χ0v) is 16.8. The summed E-state index contributed by atoms with van der Waals surface area (Å²) >= 11 is 2.13. The lowest BCUT2D eigenvalue weighted by Gasteiger charge is -2.26. The number of aryl methyl sites for hydroxylation is 1. The second kappa shape index (κ2) is 8.45. The molecular weight excluding hydrogens is 326 g/mol. The molecule has 0 saturated heterocycles. The highest BCUT2D eigenvalue weighted by atomic mass is 32.2. The minimum atomic E-state index is -0.348. The van der Waals surface area contributed by atoms with E-state index in [0.717, 1.165) is 31.1 Å². The number of thioether (sulfide) groups is 1. The lowest BCUT2D eigenvalue weighted by molar-refractivity contribution is 0.198. The Bertz CT molecular complexity index is 573.